The molecule has 0 radical (unpaired) electrons. The summed E-state index contributed by atoms with van der Waals surface area (Å²) in [6.07, 6.45) is 0.494. The van der Waals surface area contributed by atoms with Gasteiger partial charge in [0.25, 0.3) is 0 Å². The number of aromatic nitrogens is 2. The fourth-order valence-corrected chi connectivity index (χ4v) is 3.58. The number of likely N-dealkylation sites (tertiary alicyclic amines) is 1. The zero-order chi connectivity index (χ0) is 17.8. The highest BCUT2D eigenvalue weighted by Gasteiger charge is 2.31. The fraction of sp³-hybridized carbons (Fsp3) is 0.526. The van der Waals surface area contributed by atoms with Gasteiger partial charge < -0.3 is 14.6 Å². The first-order valence-corrected chi connectivity index (χ1v) is 8.65. The van der Waals surface area contributed by atoms with Crippen molar-refractivity contribution in [1.29, 1.82) is 0 Å². The lowest BCUT2D eigenvalue weighted by Gasteiger charge is -2.17. The van der Waals surface area contributed by atoms with Crippen LogP contribution in [0.3, 0.4) is 0 Å². The number of hydrogen-bond acceptors (Lipinski definition) is 5. The van der Waals surface area contributed by atoms with Crippen LogP contribution in [0.2, 0.25) is 0 Å². The molecule has 1 aliphatic heterocycles. The normalized spacial score (nSPS) is 21.0. The van der Waals surface area contributed by atoms with Gasteiger partial charge in [0.15, 0.2) is 0 Å². The molecule has 0 unspecified atom stereocenters. The number of H-pyrrole nitrogens is 1. The molecule has 2 heterocycles. The predicted molar refractivity (Wildman–Crippen MR) is 95.5 cm³/mol. The summed E-state index contributed by atoms with van der Waals surface area (Å²) in [4.78, 5) is 2.30. The van der Waals surface area contributed by atoms with Gasteiger partial charge in [-0.2, -0.15) is 5.10 Å². The third kappa shape index (κ3) is 4.39. The lowest BCUT2D eigenvalue weighted by molar-refractivity contribution is 0.140. The Bertz CT molecular complexity index is 701. The number of nitrogens with zero attached hydrogens (tertiary/aromatic N) is 2. The van der Waals surface area contributed by atoms with Gasteiger partial charge in [-0.05, 0) is 37.1 Å². The maximum absolute atomic E-state index is 10.4. The van der Waals surface area contributed by atoms with Gasteiger partial charge in [0.1, 0.15) is 5.75 Å². The van der Waals surface area contributed by atoms with Crippen molar-refractivity contribution in [1.82, 2.24) is 15.1 Å². The molecule has 1 aromatic heterocycles. The highest BCUT2D eigenvalue weighted by Crippen LogP contribution is 2.25. The molecule has 1 saturated heterocycles. The smallest absolute Gasteiger partial charge is 0.124 e. The lowest BCUT2D eigenvalue weighted by Crippen LogP contribution is -2.21. The van der Waals surface area contributed by atoms with E-state index >= 15 is 0 Å². The quantitative estimate of drug-likeness (QED) is 0.802. The van der Waals surface area contributed by atoms with Crippen molar-refractivity contribution < 1.29 is 14.6 Å². The molecule has 1 aliphatic rings. The van der Waals surface area contributed by atoms with E-state index < -0.39 is 0 Å². The second-order valence-corrected chi connectivity index (χ2v) is 6.85. The van der Waals surface area contributed by atoms with Crippen LogP contribution in [0.1, 0.15) is 22.5 Å². The fourth-order valence-electron chi connectivity index (χ4n) is 3.58. The molecule has 1 aromatic carbocycles. The molecular formula is C19H27N3O3. The second-order valence-electron chi connectivity index (χ2n) is 6.85. The summed E-state index contributed by atoms with van der Waals surface area (Å²) in [7, 11) is 3.36. The highest BCUT2D eigenvalue weighted by atomic mass is 16.5. The van der Waals surface area contributed by atoms with Gasteiger partial charge in [-0.3, -0.25) is 10.00 Å². The molecule has 136 valence electrons. The summed E-state index contributed by atoms with van der Waals surface area (Å²) in [5, 5.41) is 17.7. The van der Waals surface area contributed by atoms with Crippen LogP contribution in [0.4, 0.5) is 0 Å². The largest absolute Gasteiger partial charge is 0.496 e. The Labute approximate surface area is 148 Å². The number of rotatable bonds is 7. The zero-order valence-electron chi connectivity index (χ0n) is 15.2. The van der Waals surface area contributed by atoms with Crippen LogP contribution in [0.25, 0.3) is 0 Å². The van der Waals surface area contributed by atoms with Crippen LogP contribution in [0.15, 0.2) is 24.3 Å². The molecule has 2 N–H and O–H groups in total. The third-order valence-corrected chi connectivity index (χ3v) is 4.76. The standard InChI is InChI=1S/C19H27N3O3/c1-13-6-17(21-20-13)8-15-10-22(11-18(15)23)9-14-4-5-19(25-3)16(7-14)12-24-2/h4-7,15,18,23H,8-12H2,1-3H3,(H,20,21)/t15-,18-/m1/s1. The number of nitrogens with one attached hydrogen (secondary N) is 1. The van der Waals surface area contributed by atoms with Crippen molar-refractivity contribution >= 4 is 0 Å². The summed E-state index contributed by atoms with van der Waals surface area (Å²) < 4.78 is 10.6. The Balaban J connectivity index is 1.62. The number of β-amino-alcohol motifs (C(OH)–C–C–N with tert-alkyl or cyclic N) is 1. The number of methoxy groups -OCH3 is 2. The van der Waals surface area contributed by atoms with Crippen LogP contribution in [-0.4, -0.2) is 53.6 Å². The number of benzene rings is 1. The molecule has 1 fully saturated rings. The third-order valence-electron chi connectivity index (χ3n) is 4.76. The van der Waals surface area contributed by atoms with Gasteiger partial charge in [-0.15, -0.1) is 0 Å². The Morgan fingerprint density at radius 3 is 2.80 bits per heavy atom. The van der Waals surface area contributed by atoms with Gasteiger partial charge in [0, 0.05) is 43.9 Å². The Morgan fingerprint density at radius 2 is 2.12 bits per heavy atom. The molecular weight excluding hydrogens is 318 g/mol. The minimum absolute atomic E-state index is 0.222. The maximum Gasteiger partial charge on any atom is 0.124 e. The van der Waals surface area contributed by atoms with E-state index in [0.717, 1.165) is 42.2 Å². The molecule has 0 spiro atoms. The van der Waals surface area contributed by atoms with Gasteiger partial charge in [0.2, 0.25) is 0 Å². The van der Waals surface area contributed by atoms with E-state index in [9.17, 15) is 5.11 Å². The number of hydrogen-bond donors (Lipinski definition) is 2. The summed E-state index contributed by atoms with van der Waals surface area (Å²) in [6.45, 7) is 4.90. The number of aliphatic hydroxyl groups excluding tert-OH is 1. The molecule has 6 heteroatoms. The molecule has 0 amide bonds. The van der Waals surface area contributed by atoms with Crippen molar-refractivity contribution in [3.05, 3.63) is 46.8 Å². The first kappa shape index (κ1) is 17.9. The highest BCUT2D eigenvalue weighted by molar-refractivity contribution is 5.37. The van der Waals surface area contributed by atoms with Gasteiger partial charge in [-0.1, -0.05) is 6.07 Å². The molecule has 0 saturated carbocycles. The van der Waals surface area contributed by atoms with Crippen molar-refractivity contribution in [2.75, 3.05) is 27.3 Å². The SMILES string of the molecule is COCc1cc(CN2C[C@@H](Cc3cc(C)[nH]n3)[C@H](O)C2)ccc1OC. The van der Waals surface area contributed by atoms with Crippen LogP contribution in [0, 0.1) is 12.8 Å². The number of ether oxygens (including phenoxy) is 2. The van der Waals surface area contributed by atoms with Crippen LogP contribution >= 0.6 is 0 Å². The molecule has 0 bridgehead atoms. The Kier molecular flexibility index (Phi) is 5.73. The molecule has 6 nitrogen and oxygen atoms in total. The van der Waals surface area contributed by atoms with Crippen LogP contribution < -0.4 is 4.74 Å². The summed E-state index contributed by atoms with van der Waals surface area (Å²) in [6, 6.07) is 8.24. The van der Waals surface area contributed by atoms with E-state index in [0.29, 0.717) is 13.2 Å². The van der Waals surface area contributed by atoms with Gasteiger partial charge >= 0.3 is 0 Å². The second kappa shape index (κ2) is 7.99. The van der Waals surface area contributed by atoms with E-state index in [1.54, 1.807) is 14.2 Å². The van der Waals surface area contributed by atoms with E-state index in [1.807, 2.05) is 13.0 Å². The first-order valence-electron chi connectivity index (χ1n) is 8.65. The molecule has 2 aromatic rings. The van der Waals surface area contributed by atoms with Crippen molar-refractivity contribution in [2.24, 2.45) is 5.92 Å². The first-order chi connectivity index (χ1) is 12.1. The summed E-state index contributed by atoms with van der Waals surface area (Å²) >= 11 is 0. The van der Waals surface area contributed by atoms with Crippen LogP contribution in [-0.2, 0) is 24.3 Å². The monoisotopic (exact) mass is 345 g/mol. The van der Waals surface area contributed by atoms with E-state index in [1.165, 1.54) is 5.56 Å². The number of aromatic amines is 1. The average Bonchev–Trinajstić information content (AvgIpc) is 3.14. The van der Waals surface area contributed by atoms with E-state index in [4.69, 9.17) is 9.47 Å². The van der Waals surface area contributed by atoms with Crippen LogP contribution in [0.5, 0.6) is 5.75 Å². The number of aliphatic hydroxyl groups is 1. The molecule has 3 rings (SSSR count). The number of aryl methyl sites for hydroxylation is 1. The molecule has 0 aliphatic carbocycles. The molecule has 25 heavy (non-hydrogen) atoms. The Morgan fingerprint density at radius 1 is 1.28 bits per heavy atom. The van der Waals surface area contributed by atoms with Crippen molar-refractivity contribution in [2.45, 2.75) is 32.6 Å². The van der Waals surface area contributed by atoms with Crippen molar-refractivity contribution in [3.63, 3.8) is 0 Å². The van der Waals surface area contributed by atoms with Gasteiger partial charge in [-0.25, -0.2) is 0 Å². The average molecular weight is 345 g/mol. The predicted octanol–water partition coefficient (Wildman–Crippen LogP) is 1.91. The topological polar surface area (TPSA) is 70.6 Å². The lowest BCUT2D eigenvalue weighted by atomic mass is 10.0. The summed E-state index contributed by atoms with van der Waals surface area (Å²) in [5.41, 5.74) is 4.33. The van der Waals surface area contributed by atoms with E-state index in [-0.39, 0.29) is 12.0 Å². The van der Waals surface area contributed by atoms with Gasteiger partial charge in [0.05, 0.1) is 25.5 Å². The Hall–Kier alpha value is -1.89. The van der Waals surface area contributed by atoms with E-state index in [2.05, 4.69) is 33.3 Å². The van der Waals surface area contributed by atoms with Crippen molar-refractivity contribution in [3.8, 4) is 5.75 Å². The summed E-state index contributed by atoms with van der Waals surface area (Å²) in [5.74, 6) is 1.07. The maximum atomic E-state index is 10.4. The molecule has 2 atom stereocenters. The minimum atomic E-state index is -0.311. The minimum Gasteiger partial charge on any atom is -0.496 e. The zero-order valence-corrected chi connectivity index (χ0v) is 15.2.